The minimum Gasteiger partial charge on any atom is -0.493 e. The molecule has 0 aromatic heterocycles. The first kappa shape index (κ1) is 29.1. The van der Waals surface area contributed by atoms with Crippen LogP contribution in [-0.4, -0.2) is 98.4 Å². The minimum absolute atomic E-state index is 0.0604. The molecule has 1 aromatic carbocycles. The molecule has 0 saturated carbocycles. The van der Waals surface area contributed by atoms with Crippen LogP contribution in [-0.2, 0) is 9.53 Å². The fraction of sp³-hybridized carbons (Fsp3) is 0.593. The molecule has 2 N–H and O–H groups in total. The standard InChI is InChI=1S/C27H41N5O6/c1-9-38-24(33)21-19(16-31-13-14-32(17(2)15-31)26(35)29-27(3,4)5)30(6)25(34)28-22(21)18-11-10-12-20(36-7)23(18)37-8/h10-12,17,22H,9,13-16H2,1-8H3,(H,28,34)(H,29,35). The summed E-state index contributed by atoms with van der Waals surface area (Å²) in [6.45, 7) is 11.8. The van der Waals surface area contributed by atoms with E-state index >= 15 is 0 Å². The third-order valence-electron chi connectivity index (χ3n) is 6.64. The zero-order chi connectivity index (χ0) is 28.2. The Morgan fingerprint density at radius 1 is 1.16 bits per heavy atom. The molecule has 11 heteroatoms. The van der Waals surface area contributed by atoms with E-state index < -0.39 is 12.0 Å². The Labute approximate surface area is 225 Å². The average Bonchev–Trinajstić information content (AvgIpc) is 2.85. The predicted molar refractivity (Wildman–Crippen MR) is 143 cm³/mol. The summed E-state index contributed by atoms with van der Waals surface area (Å²) in [5.74, 6) is 0.403. The van der Waals surface area contributed by atoms with E-state index in [1.165, 1.54) is 19.1 Å². The normalized spacial score (nSPS) is 20.7. The number of ether oxygens (including phenoxy) is 3. The zero-order valence-electron chi connectivity index (χ0n) is 23.7. The number of methoxy groups -OCH3 is 2. The number of piperazine rings is 1. The maximum absolute atomic E-state index is 13.4. The highest BCUT2D eigenvalue weighted by Crippen LogP contribution is 2.40. The maximum atomic E-state index is 13.4. The van der Waals surface area contributed by atoms with Crippen molar-refractivity contribution in [2.75, 3.05) is 54.1 Å². The van der Waals surface area contributed by atoms with E-state index in [1.54, 1.807) is 32.2 Å². The number of likely N-dealkylation sites (N-methyl/N-ethyl adjacent to an activating group) is 1. The molecule has 2 heterocycles. The molecule has 0 radical (unpaired) electrons. The molecule has 2 aliphatic heterocycles. The molecule has 0 aliphatic carbocycles. The van der Waals surface area contributed by atoms with Gasteiger partial charge in [-0.15, -0.1) is 0 Å². The molecule has 210 valence electrons. The third kappa shape index (κ3) is 6.32. The van der Waals surface area contributed by atoms with Gasteiger partial charge in [0.2, 0.25) is 0 Å². The van der Waals surface area contributed by atoms with Gasteiger partial charge in [-0.25, -0.2) is 14.4 Å². The van der Waals surface area contributed by atoms with Crippen LogP contribution in [0.4, 0.5) is 9.59 Å². The van der Waals surface area contributed by atoms with E-state index in [9.17, 15) is 14.4 Å². The highest BCUT2D eigenvalue weighted by molar-refractivity contribution is 5.95. The molecule has 11 nitrogen and oxygen atoms in total. The molecule has 2 aliphatic rings. The van der Waals surface area contributed by atoms with Gasteiger partial charge in [-0.2, -0.15) is 0 Å². The lowest BCUT2D eigenvalue weighted by Crippen LogP contribution is -2.59. The quantitative estimate of drug-likeness (QED) is 0.520. The summed E-state index contributed by atoms with van der Waals surface area (Å²) in [6, 6.07) is 4.03. The van der Waals surface area contributed by atoms with E-state index in [0.29, 0.717) is 54.5 Å². The molecule has 38 heavy (non-hydrogen) atoms. The number of nitrogens with zero attached hydrogens (tertiary/aromatic N) is 3. The van der Waals surface area contributed by atoms with Crippen molar-refractivity contribution in [2.45, 2.75) is 52.2 Å². The summed E-state index contributed by atoms with van der Waals surface area (Å²) in [6.07, 6.45) is 0. The van der Waals surface area contributed by atoms with Crippen LogP contribution in [0.15, 0.2) is 29.5 Å². The molecule has 1 fully saturated rings. The largest absolute Gasteiger partial charge is 0.493 e. The molecule has 0 spiro atoms. The first-order chi connectivity index (χ1) is 17.9. The maximum Gasteiger partial charge on any atom is 0.338 e. The molecule has 1 saturated heterocycles. The summed E-state index contributed by atoms with van der Waals surface area (Å²) >= 11 is 0. The van der Waals surface area contributed by atoms with Crippen molar-refractivity contribution < 1.29 is 28.6 Å². The molecule has 0 bridgehead atoms. The number of carbonyl (C=O) groups excluding carboxylic acids is 3. The smallest absolute Gasteiger partial charge is 0.338 e. The molecular formula is C27H41N5O6. The molecule has 4 amide bonds. The van der Waals surface area contributed by atoms with Crippen molar-refractivity contribution in [3.05, 3.63) is 35.0 Å². The van der Waals surface area contributed by atoms with Gasteiger partial charge < -0.3 is 29.7 Å². The Hall–Kier alpha value is -3.47. The van der Waals surface area contributed by atoms with Crippen molar-refractivity contribution in [3.63, 3.8) is 0 Å². The van der Waals surface area contributed by atoms with E-state index in [4.69, 9.17) is 14.2 Å². The highest BCUT2D eigenvalue weighted by atomic mass is 16.5. The van der Waals surface area contributed by atoms with E-state index in [1.807, 2.05) is 32.6 Å². The number of amides is 4. The average molecular weight is 532 g/mol. The number of benzene rings is 1. The predicted octanol–water partition coefficient (Wildman–Crippen LogP) is 2.73. The Bertz CT molecular complexity index is 1080. The van der Waals surface area contributed by atoms with E-state index in [2.05, 4.69) is 15.5 Å². The van der Waals surface area contributed by atoms with Crippen LogP contribution >= 0.6 is 0 Å². The van der Waals surface area contributed by atoms with Gasteiger partial charge in [0.1, 0.15) is 0 Å². The Kier molecular flexibility index (Phi) is 9.14. The Balaban J connectivity index is 1.97. The fourth-order valence-electron chi connectivity index (χ4n) is 4.85. The number of rotatable bonds is 7. The topological polar surface area (TPSA) is 113 Å². The first-order valence-electron chi connectivity index (χ1n) is 12.9. The molecule has 3 rings (SSSR count). The van der Waals surface area contributed by atoms with Crippen LogP contribution in [0.5, 0.6) is 11.5 Å². The number of nitrogens with one attached hydrogen (secondary N) is 2. The van der Waals surface area contributed by atoms with Gasteiger partial charge in [-0.05, 0) is 40.7 Å². The van der Waals surface area contributed by atoms with Crippen molar-refractivity contribution in [1.82, 2.24) is 25.3 Å². The summed E-state index contributed by atoms with van der Waals surface area (Å²) in [5.41, 5.74) is 1.13. The van der Waals surface area contributed by atoms with Crippen LogP contribution < -0.4 is 20.1 Å². The van der Waals surface area contributed by atoms with Gasteiger partial charge in [0.15, 0.2) is 11.5 Å². The summed E-state index contributed by atoms with van der Waals surface area (Å²) in [7, 11) is 4.69. The third-order valence-corrected chi connectivity index (χ3v) is 6.64. The second-order valence-electron chi connectivity index (χ2n) is 10.6. The van der Waals surface area contributed by atoms with Crippen molar-refractivity contribution in [2.24, 2.45) is 0 Å². The SMILES string of the molecule is CCOC(=O)C1=C(CN2CCN(C(=O)NC(C)(C)C)C(C)C2)N(C)C(=O)NC1c1cccc(OC)c1OC. The second-order valence-corrected chi connectivity index (χ2v) is 10.6. The van der Waals surface area contributed by atoms with Gasteiger partial charge in [0.05, 0.1) is 32.4 Å². The van der Waals surface area contributed by atoms with Gasteiger partial charge in [0, 0.05) is 56.1 Å². The number of urea groups is 2. The number of hydrogen-bond acceptors (Lipinski definition) is 7. The minimum atomic E-state index is -0.797. The molecular weight excluding hydrogens is 490 g/mol. The number of esters is 1. The van der Waals surface area contributed by atoms with Crippen LogP contribution in [0.1, 0.15) is 46.2 Å². The van der Waals surface area contributed by atoms with Crippen LogP contribution in [0.25, 0.3) is 0 Å². The Morgan fingerprint density at radius 2 is 1.87 bits per heavy atom. The lowest BCUT2D eigenvalue weighted by atomic mass is 9.93. The lowest BCUT2D eigenvalue weighted by Gasteiger charge is -2.43. The number of carbonyl (C=O) groups is 3. The van der Waals surface area contributed by atoms with Gasteiger partial charge in [0.25, 0.3) is 0 Å². The van der Waals surface area contributed by atoms with Crippen molar-refractivity contribution in [3.8, 4) is 11.5 Å². The summed E-state index contributed by atoms with van der Waals surface area (Å²) < 4.78 is 16.5. The van der Waals surface area contributed by atoms with Gasteiger partial charge >= 0.3 is 18.0 Å². The highest BCUT2D eigenvalue weighted by Gasteiger charge is 2.40. The Morgan fingerprint density at radius 3 is 2.45 bits per heavy atom. The van der Waals surface area contributed by atoms with Crippen LogP contribution in [0.2, 0.25) is 0 Å². The number of hydrogen-bond donors (Lipinski definition) is 2. The van der Waals surface area contributed by atoms with Gasteiger partial charge in [-0.1, -0.05) is 12.1 Å². The fourth-order valence-corrected chi connectivity index (χ4v) is 4.85. The second kappa shape index (κ2) is 11.9. The van der Waals surface area contributed by atoms with Crippen LogP contribution in [0, 0.1) is 0 Å². The summed E-state index contributed by atoms with van der Waals surface area (Å²) in [5, 5.41) is 5.95. The zero-order valence-corrected chi connectivity index (χ0v) is 23.7. The molecule has 2 unspecified atom stereocenters. The van der Waals surface area contributed by atoms with Crippen molar-refractivity contribution in [1.29, 1.82) is 0 Å². The first-order valence-corrected chi connectivity index (χ1v) is 12.9. The summed E-state index contributed by atoms with van der Waals surface area (Å²) in [4.78, 5) is 44.7. The van der Waals surface area contributed by atoms with E-state index in [0.717, 1.165) is 0 Å². The van der Waals surface area contributed by atoms with E-state index in [-0.39, 0.29) is 30.2 Å². The van der Waals surface area contributed by atoms with Crippen molar-refractivity contribution >= 4 is 18.0 Å². The molecule has 2 atom stereocenters. The monoisotopic (exact) mass is 531 g/mol. The molecule has 1 aromatic rings. The van der Waals surface area contributed by atoms with Gasteiger partial charge in [-0.3, -0.25) is 9.80 Å². The van der Waals surface area contributed by atoms with Crippen LogP contribution in [0.3, 0.4) is 0 Å². The lowest BCUT2D eigenvalue weighted by molar-refractivity contribution is -0.139. The number of para-hydroxylation sites is 1.